The molecule has 2 aliphatic rings. The molecule has 1 aliphatic heterocycles. The molecule has 31 heavy (non-hydrogen) atoms. The first-order chi connectivity index (χ1) is 15.1. The fourth-order valence-corrected chi connectivity index (χ4v) is 5.80. The van der Waals surface area contributed by atoms with Crippen molar-refractivity contribution in [1.82, 2.24) is 20.1 Å². The van der Waals surface area contributed by atoms with Gasteiger partial charge in [-0.1, -0.05) is 36.7 Å². The SMILES string of the molecule is Cc1nn(-c2cccc(F)c2)c2nc(N3CCC[C@@H](C(=O)NC4CCCCC4)C3)sc12. The highest BCUT2D eigenvalue weighted by atomic mass is 32.1. The van der Waals surface area contributed by atoms with Crippen LogP contribution in [0.2, 0.25) is 0 Å². The number of nitrogens with one attached hydrogen (secondary N) is 1. The summed E-state index contributed by atoms with van der Waals surface area (Å²) >= 11 is 1.61. The molecule has 3 heterocycles. The molecule has 1 atom stereocenters. The van der Waals surface area contributed by atoms with E-state index in [0.717, 1.165) is 53.4 Å². The van der Waals surface area contributed by atoms with Crippen LogP contribution in [-0.2, 0) is 4.79 Å². The Kier molecular flexibility index (Phi) is 5.65. The summed E-state index contributed by atoms with van der Waals surface area (Å²) in [5.74, 6) is -0.0968. The Morgan fingerprint density at radius 3 is 2.84 bits per heavy atom. The Bertz CT molecular complexity index is 1090. The summed E-state index contributed by atoms with van der Waals surface area (Å²) in [6.45, 7) is 3.55. The van der Waals surface area contributed by atoms with E-state index in [4.69, 9.17) is 4.98 Å². The first kappa shape index (κ1) is 20.4. The number of piperidine rings is 1. The van der Waals surface area contributed by atoms with Crippen molar-refractivity contribution in [2.75, 3.05) is 18.0 Å². The number of fused-ring (bicyclic) bond motifs is 1. The van der Waals surface area contributed by atoms with E-state index in [9.17, 15) is 9.18 Å². The van der Waals surface area contributed by atoms with E-state index in [1.807, 2.05) is 13.0 Å². The van der Waals surface area contributed by atoms with Gasteiger partial charge in [-0.3, -0.25) is 4.79 Å². The van der Waals surface area contributed by atoms with Gasteiger partial charge >= 0.3 is 0 Å². The third-order valence-electron chi connectivity index (χ3n) is 6.44. The summed E-state index contributed by atoms with van der Waals surface area (Å²) < 4.78 is 16.5. The van der Waals surface area contributed by atoms with E-state index < -0.39 is 0 Å². The number of rotatable bonds is 4. The van der Waals surface area contributed by atoms with Crippen LogP contribution in [0, 0.1) is 18.7 Å². The van der Waals surface area contributed by atoms with E-state index in [1.165, 1.54) is 31.4 Å². The number of hydrogen-bond acceptors (Lipinski definition) is 5. The molecular weight excluding hydrogens is 413 g/mol. The highest BCUT2D eigenvalue weighted by Crippen LogP contribution is 2.34. The fraction of sp³-hybridized carbons (Fsp3) is 0.522. The molecule has 3 aromatic rings. The summed E-state index contributed by atoms with van der Waals surface area (Å²) in [6, 6.07) is 6.76. The van der Waals surface area contributed by atoms with Crippen molar-refractivity contribution in [3.8, 4) is 5.69 Å². The van der Waals surface area contributed by atoms with Crippen LogP contribution < -0.4 is 10.2 Å². The molecule has 0 unspecified atom stereocenters. The predicted octanol–water partition coefficient (Wildman–Crippen LogP) is 4.59. The molecule has 8 heteroatoms. The van der Waals surface area contributed by atoms with Gasteiger partial charge in [-0.15, -0.1) is 0 Å². The van der Waals surface area contributed by atoms with Crippen molar-refractivity contribution in [3.05, 3.63) is 35.8 Å². The molecule has 2 aromatic heterocycles. The average Bonchev–Trinajstić information content (AvgIpc) is 3.35. The molecule has 1 N–H and O–H groups in total. The van der Waals surface area contributed by atoms with E-state index >= 15 is 0 Å². The monoisotopic (exact) mass is 441 g/mol. The van der Waals surface area contributed by atoms with Crippen molar-refractivity contribution in [2.24, 2.45) is 5.92 Å². The van der Waals surface area contributed by atoms with Crippen molar-refractivity contribution in [1.29, 1.82) is 0 Å². The van der Waals surface area contributed by atoms with Crippen LogP contribution in [-0.4, -0.2) is 39.8 Å². The van der Waals surface area contributed by atoms with Crippen molar-refractivity contribution in [3.63, 3.8) is 0 Å². The molecule has 1 aromatic carbocycles. The number of carbonyl (C=O) groups excluding carboxylic acids is 1. The second-order valence-electron chi connectivity index (χ2n) is 8.75. The zero-order valence-corrected chi connectivity index (χ0v) is 18.6. The highest BCUT2D eigenvalue weighted by molar-refractivity contribution is 7.22. The molecule has 0 bridgehead atoms. The van der Waals surface area contributed by atoms with Crippen molar-refractivity contribution >= 4 is 32.7 Å². The fourth-order valence-electron chi connectivity index (χ4n) is 4.78. The summed E-state index contributed by atoms with van der Waals surface area (Å²) in [7, 11) is 0. The van der Waals surface area contributed by atoms with Gasteiger partial charge in [-0.2, -0.15) is 10.1 Å². The van der Waals surface area contributed by atoms with Crippen LogP contribution in [0.15, 0.2) is 24.3 Å². The Morgan fingerprint density at radius 2 is 2.03 bits per heavy atom. The Hall–Kier alpha value is -2.48. The lowest BCUT2D eigenvalue weighted by atomic mass is 9.93. The molecule has 0 radical (unpaired) electrons. The number of thiazole rings is 1. The van der Waals surface area contributed by atoms with Gasteiger partial charge in [-0.25, -0.2) is 9.07 Å². The van der Waals surface area contributed by atoms with Crippen LogP contribution in [0.1, 0.15) is 50.6 Å². The van der Waals surface area contributed by atoms with E-state index in [1.54, 1.807) is 22.1 Å². The number of benzene rings is 1. The lowest BCUT2D eigenvalue weighted by Gasteiger charge is -2.33. The number of aromatic nitrogens is 3. The van der Waals surface area contributed by atoms with Crippen LogP contribution in [0.5, 0.6) is 0 Å². The molecule has 2 fully saturated rings. The summed E-state index contributed by atoms with van der Waals surface area (Å²) in [4.78, 5) is 20.0. The number of amides is 1. The number of carbonyl (C=O) groups is 1. The molecule has 164 valence electrons. The normalized spacial score (nSPS) is 20.3. The molecular formula is C23H28FN5OS. The average molecular weight is 442 g/mol. The molecule has 6 nitrogen and oxygen atoms in total. The topological polar surface area (TPSA) is 63.1 Å². The van der Waals surface area contributed by atoms with Crippen molar-refractivity contribution in [2.45, 2.75) is 57.9 Å². The van der Waals surface area contributed by atoms with Gasteiger partial charge in [0.15, 0.2) is 10.8 Å². The van der Waals surface area contributed by atoms with Crippen molar-refractivity contribution < 1.29 is 9.18 Å². The summed E-state index contributed by atoms with van der Waals surface area (Å²) in [5.41, 5.74) is 2.29. The molecule has 1 saturated heterocycles. The lowest BCUT2D eigenvalue weighted by molar-refractivity contribution is -0.126. The standard InChI is InChI=1S/C23H28FN5OS/c1-15-20-21(29(27-15)19-11-5-8-17(24)13-19)26-23(31-20)28-12-6-7-16(14-28)22(30)25-18-9-3-2-4-10-18/h5,8,11,13,16,18H,2-4,6-7,9-10,12,14H2,1H3,(H,25,30)/t16-/m1/s1. The molecule has 5 rings (SSSR count). The molecule has 0 spiro atoms. The number of halogens is 1. The third kappa shape index (κ3) is 4.18. The van der Waals surface area contributed by atoms with Gasteiger partial charge in [0.2, 0.25) is 5.91 Å². The number of anilines is 1. The summed E-state index contributed by atoms with van der Waals surface area (Å²) in [6.07, 6.45) is 7.84. The number of aryl methyl sites for hydroxylation is 1. The zero-order valence-electron chi connectivity index (χ0n) is 17.8. The lowest BCUT2D eigenvalue weighted by Crippen LogP contribution is -2.46. The van der Waals surface area contributed by atoms with Gasteiger partial charge in [0.1, 0.15) is 5.82 Å². The smallest absolute Gasteiger partial charge is 0.225 e. The van der Waals surface area contributed by atoms with Gasteiger partial charge < -0.3 is 10.2 Å². The van der Waals surface area contributed by atoms with E-state index in [-0.39, 0.29) is 17.6 Å². The van der Waals surface area contributed by atoms with Gasteiger partial charge in [-0.05, 0) is 50.8 Å². The Morgan fingerprint density at radius 1 is 1.19 bits per heavy atom. The van der Waals surface area contributed by atoms with Gasteiger partial charge in [0.25, 0.3) is 0 Å². The first-order valence-corrected chi connectivity index (χ1v) is 12.1. The number of hydrogen-bond donors (Lipinski definition) is 1. The number of nitrogens with zero attached hydrogens (tertiary/aromatic N) is 4. The summed E-state index contributed by atoms with van der Waals surface area (Å²) in [5, 5.41) is 8.78. The van der Waals surface area contributed by atoms with Crippen LogP contribution in [0.3, 0.4) is 0 Å². The predicted molar refractivity (Wildman–Crippen MR) is 121 cm³/mol. The highest BCUT2D eigenvalue weighted by Gasteiger charge is 2.29. The molecule has 1 saturated carbocycles. The van der Waals surface area contributed by atoms with E-state index in [2.05, 4.69) is 15.3 Å². The van der Waals surface area contributed by atoms with Crippen LogP contribution >= 0.6 is 11.3 Å². The minimum atomic E-state index is -0.294. The second kappa shape index (κ2) is 8.57. The molecule has 1 amide bonds. The largest absolute Gasteiger partial charge is 0.353 e. The van der Waals surface area contributed by atoms with Gasteiger partial charge in [0, 0.05) is 19.1 Å². The molecule has 1 aliphatic carbocycles. The quantitative estimate of drug-likeness (QED) is 0.643. The first-order valence-electron chi connectivity index (χ1n) is 11.3. The maximum atomic E-state index is 13.7. The van der Waals surface area contributed by atoms with Crippen LogP contribution in [0.25, 0.3) is 16.0 Å². The van der Waals surface area contributed by atoms with E-state index in [0.29, 0.717) is 18.3 Å². The second-order valence-corrected chi connectivity index (χ2v) is 9.73. The third-order valence-corrected chi connectivity index (χ3v) is 7.66. The Labute approximate surface area is 185 Å². The minimum Gasteiger partial charge on any atom is -0.353 e. The minimum absolute atomic E-state index is 0.00324. The van der Waals surface area contributed by atoms with Crippen LogP contribution in [0.4, 0.5) is 9.52 Å². The maximum absolute atomic E-state index is 13.7. The maximum Gasteiger partial charge on any atom is 0.225 e. The van der Waals surface area contributed by atoms with Gasteiger partial charge in [0.05, 0.1) is 22.0 Å². The Balaban J connectivity index is 1.35. The zero-order chi connectivity index (χ0) is 21.4.